The smallest absolute Gasteiger partial charge is 0.309 e. The van der Waals surface area contributed by atoms with Crippen LogP contribution in [-0.2, 0) is 4.79 Å². The molecule has 0 amide bonds. The third-order valence-corrected chi connectivity index (χ3v) is 5.68. The number of nitrogens with zero attached hydrogens (tertiary/aromatic N) is 2. The summed E-state index contributed by atoms with van der Waals surface area (Å²) in [7, 11) is 0. The van der Waals surface area contributed by atoms with Crippen molar-refractivity contribution in [1.29, 1.82) is 0 Å². The third kappa shape index (κ3) is 3.78. The second kappa shape index (κ2) is 7.10. The minimum Gasteiger partial charge on any atom is -0.481 e. The summed E-state index contributed by atoms with van der Waals surface area (Å²) in [6.07, 6.45) is 5.96. The third-order valence-electron chi connectivity index (χ3n) is 5.68. The lowest BCUT2D eigenvalue weighted by Crippen LogP contribution is -2.52. The lowest BCUT2D eigenvalue weighted by molar-refractivity contribution is -0.153. The van der Waals surface area contributed by atoms with Crippen LogP contribution in [0, 0.1) is 5.41 Å². The molecule has 0 radical (unpaired) electrons. The predicted molar refractivity (Wildman–Crippen MR) is 85.5 cm³/mol. The summed E-state index contributed by atoms with van der Waals surface area (Å²) < 4.78 is 0. The number of hydrogen-bond acceptors (Lipinski definition) is 3. The molecule has 0 unspecified atom stereocenters. The molecule has 2 fully saturated rings. The molecular weight excluding hydrogens is 264 g/mol. The topological polar surface area (TPSA) is 43.8 Å². The molecule has 0 aliphatic carbocycles. The Balaban J connectivity index is 1.85. The zero-order valence-corrected chi connectivity index (χ0v) is 14.0. The molecule has 21 heavy (non-hydrogen) atoms. The van der Waals surface area contributed by atoms with Crippen LogP contribution in [0.1, 0.15) is 59.3 Å². The standard InChI is InChI=1S/C17H32N2O2/c1-4-7-17(16(20)21)8-12-19(13-9-17)15-5-10-18(11-6-15)14(2)3/h14-15H,4-13H2,1-3H3,(H,20,21). The minimum atomic E-state index is -0.571. The van der Waals surface area contributed by atoms with Gasteiger partial charge in [-0.15, -0.1) is 0 Å². The molecule has 1 N–H and O–H groups in total. The Morgan fingerprint density at radius 1 is 1.19 bits per heavy atom. The number of aliphatic carboxylic acids is 1. The molecule has 0 atom stereocenters. The summed E-state index contributed by atoms with van der Waals surface area (Å²) in [6.45, 7) is 11.0. The van der Waals surface area contributed by atoms with E-state index in [1.807, 2.05) is 0 Å². The van der Waals surface area contributed by atoms with E-state index in [-0.39, 0.29) is 0 Å². The van der Waals surface area contributed by atoms with Crippen LogP contribution in [0.5, 0.6) is 0 Å². The van der Waals surface area contributed by atoms with Crippen LogP contribution in [0.25, 0.3) is 0 Å². The van der Waals surface area contributed by atoms with E-state index in [4.69, 9.17) is 0 Å². The van der Waals surface area contributed by atoms with Gasteiger partial charge < -0.3 is 14.9 Å². The van der Waals surface area contributed by atoms with Crippen LogP contribution in [0.15, 0.2) is 0 Å². The molecule has 0 aromatic heterocycles. The number of carboxylic acids is 1. The van der Waals surface area contributed by atoms with Crippen molar-refractivity contribution < 1.29 is 9.90 Å². The molecule has 0 spiro atoms. The average Bonchev–Trinajstić information content (AvgIpc) is 2.48. The summed E-state index contributed by atoms with van der Waals surface area (Å²) in [5.41, 5.74) is -0.441. The van der Waals surface area contributed by atoms with Crippen LogP contribution in [0.3, 0.4) is 0 Å². The van der Waals surface area contributed by atoms with Gasteiger partial charge >= 0.3 is 5.97 Å². The number of piperidine rings is 2. The molecule has 4 nitrogen and oxygen atoms in total. The highest BCUT2D eigenvalue weighted by Gasteiger charge is 2.42. The highest BCUT2D eigenvalue weighted by molar-refractivity contribution is 5.74. The van der Waals surface area contributed by atoms with E-state index in [9.17, 15) is 9.90 Å². The van der Waals surface area contributed by atoms with Gasteiger partial charge in [-0.2, -0.15) is 0 Å². The van der Waals surface area contributed by atoms with Crippen molar-refractivity contribution in [2.24, 2.45) is 5.41 Å². The largest absolute Gasteiger partial charge is 0.481 e. The Morgan fingerprint density at radius 3 is 2.19 bits per heavy atom. The maximum Gasteiger partial charge on any atom is 0.309 e. The van der Waals surface area contributed by atoms with Gasteiger partial charge in [-0.1, -0.05) is 13.3 Å². The summed E-state index contributed by atoms with van der Waals surface area (Å²) >= 11 is 0. The van der Waals surface area contributed by atoms with Gasteiger partial charge in [0.05, 0.1) is 5.41 Å². The zero-order chi connectivity index (χ0) is 15.5. The first-order chi connectivity index (χ1) is 9.98. The molecule has 2 rings (SSSR count). The molecule has 0 bridgehead atoms. The zero-order valence-electron chi connectivity index (χ0n) is 14.0. The van der Waals surface area contributed by atoms with Crippen LogP contribution >= 0.6 is 0 Å². The van der Waals surface area contributed by atoms with Crippen molar-refractivity contribution in [3.05, 3.63) is 0 Å². The van der Waals surface area contributed by atoms with Crippen molar-refractivity contribution in [2.75, 3.05) is 26.2 Å². The molecule has 0 saturated carbocycles. The van der Waals surface area contributed by atoms with Crippen molar-refractivity contribution in [3.63, 3.8) is 0 Å². The number of carboxylic acid groups (broad SMARTS) is 1. The molecule has 0 aromatic rings. The summed E-state index contributed by atoms with van der Waals surface area (Å²) in [6, 6.07) is 1.32. The number of rotatable bonds is 5. The summed E-state index contributed by atoms with van der Waals surface area (Å²) in [4.78, 5) is 16.8. The van der Waals surface area contributed by atoms with Gasteiger partial charge in [-0.3, -0.25) is 4.79 Å². The van der Waals surface area contributed by atoms with Gasteiger partial charge in [0.15, 0.2) is 0 Å². The number of likely N-dealkylation sites (tertiary alicyclic amines) is 2. The first-order valence-corrected chi connectivity index (χ1v) is 8.70. The second-order valence-electron chi connectivity index (χ2n) is 7.23. The van der Waals surface area contributed by atoms with Crippen molar-refractivity contribution >= 4 is 5.97 Å². The first kappa shape index (κ1) is 16.8. The van der Waals surface area contributed by atoms with E-state index in [0.29, 0.717) is 12.1 Å². The SMILES string of the molecule is CCCC1(C(=O)O)CCN(C2CCN(C(C)C)CC2)CC1. The highest BCUT2D eigenvalue weighted by atomic mass is 16.4. The van der Waals surface area contributed by atoms with Crippen LogP contribution < -0.4 is 0 Å². The second-order valence-corrected chi connectivity index (χ2v) is 7.23. The quantitative estimate of drug-likeness (QED) is 0.847. The Hall–Kier alpha value is -0.610. The molecule has 4 heteroatoms. The lowest BCUT2D eigenvalue weighted by atomic mass is 9.74. The van der Waals surface area contributed by atoms with Gasteiger partial charge in [0, 0.05) is 12.1 Å². The fraction of sp³-hybridized carbons (Fsp3) is 0.941. The monoisotopic (exact) mass is 296 g/mol. The Bertz CT molecular complexity index is 341. The number of hydrogen-bond donors (Lipinski definition) is 1. The van der Waals surface area contributed by atoms with Gasteiger partial charge in [-0.25, -0.2) is 0 Å². The van der Waals surface area contributed by atoms with Gasteiger partial charge in [0.2, 0.25) is 0 Å². The van der Waals surface area contributed by atoms with E-state index in [2.05, 4.69) is 30.6 Å². The molecule has 0 aromatic carbocycles. The average molecular weight is 296 g/mol. The van der Waals surface area contributed by atoms with Gasteiger partial charge in [0.25, 0.3) is 0 Å². The summed E-state index contributed by atoms with van der Waals surface area (Å²) in [5, 5.41) is 9.59. The predicted octanol–water partition coefficient (Wildman–Crippen LogP) is 2.83. The van der Waals surface area contributed by atoms with E-state index < -0.39 is 11.4 Å². The number of carbonyl (C=O) groups is 1. The van der Waals surface area contributed by atoms with Crippen molar-refractivity contribution in [2.45, 2.75) is 71.4 Å². The van der Waals surface area contributed by atoms with Crippen LogP contribution in [0.4, 0.5) is 0 Å². The van der Waals surface area contributed by atoms with Crippen molar-refractivity contribution in [3.8, 4) is 0 Å². The minimum absolute atomic E-state index is 0.441. The Kier molecular flexibility index (Phi) is 5.67. The fourth-order valence-electron chi connectivity index (χ4n) is 4.13. The van der Waals surface area contributed by atoms with Crippen molar-refractivity contribution in [1.82, 2.24) is 9.80 Å². The van der Waals surface area contributed by atoms with Crippen LogP contribution in [-0.4, -0.2) is 59.1 Å². The maximum atomic E-state index is 11.6. The molecule has 2 aliphatic heterocycles. The van der Waals surface area contributed by atoms with E-state index in [1.165, 1.54) is 25.9 Å². The molecule has 2 saturated heterocycles. The Labute approximate surface area is 129 Å². The molecule has 122 valence electrons. The molecule has 2 aliphatic rings. The molecular formula is C17H32N2O2. The van der Waals surface area contributed by atoms with E-state index in [0.717, 1.165) is 38.8 Å². The van der Waals surface area contributed by atoms with Crippen LogP contribution in [0.2, 0.25) is 0 Å². The first-order valence-electron chi connectivity index (χ1n) is 8.70. The molecule has 2 heterocycles. The summed E-state index contributed by atoms with van der Waals surface area (Å²) in [5.74, 6) is -0.571. The van der Waals surface area contributed by atoms with E-state index in [1.54, 1.807) is 0 Å². The lowest BCUT2D eigenvalue weighted by Gasteiger charge is -2.45. The van der Waals surface area contributed by atoms with E-state index >= 15 is 0 Å². The Morgan fingerprint density at radius 2 is 1.76 bits per heavy atom. The fourth-order valence-corrected chi connectivity index (χ4v) is 4.13. The highest BCUT2D eigenvalue weighted by Crippen LogP contribution is 2.37. The normalized spacial score (nSPS) is 25.3. The maximum absolute atomic E-state index is 11.6. The van der Waals surface area contributed by atoms with Gasteiger partial charge in [-0.05, 0) is 72.1 Å². The van der Waals surface area contributed by atoms with Gasteiger partial charge in [0.1, 0.15) is 0 Å².